The number of ether oxygens (including phenoxy) is 1. The third-order valence-corrected chi connectivity index (χ3v) is 2.18. The third-order valence-electron chi connectivity index (χ3n) is 1.37. The van der Waals surface area contributed by atoms with E-state index in [1.807, 2.05) is 0 Å². The summed E-state index contributed by atoms with van der Waals surface area (Å²) in [5.74, 6) is 0. The lowest BCUT2D eigenvalue weighted by Gasteiger charge is -2.18. The molecule has 0 aliphatic rings. The van der Waals surface area contributed by atoms with Gasteiger partial charge in [0.25, 0.3) is 0 Å². The molecule has 0 radical (unpaired) electrons. The van der Waals surface area contributed by atoms with Crippen molar-refractivity contribution in [3.63, 3.8) is 0 Å². The van der Waals surface area contributed by atoms with Gasteiger partial charge in [-0.25, -0.2) is 9.78 Å². The number of thiazole rings is 1. The van der Waals surface area contributed by atoms with Gasteiger partial charge in [-0.3, -0.25) is 5.32 Å². The van der Waals surface area contributed by atoms with Gasteiger partial charge in [-0.2, -0.15) is 0 Å². The first kappa shape index (κ1) is 11.9. The second-order valence-electron chi connectivity index (χ2n) is 3.98. The lowest BCUT2D eigenvalue weighted by Crippen LogP contribution is -2.27. The minimum atomic E-state index is -0.502. The van der Waals surface area contributed by atoms with Crippen molar-refractivity contribution in [2.75, 3.05) is 5.32 Å². The number of hydrogen-bond donors (Lipinski definition) is 2. The number of carbonyl (C=O) groups excluding carboxylic acids is 1. The average Bonchev–Trinajstić information content (AvgIpc) is 2.48. The molecule has 1 heterocycles. The van der Waals surface area contributed by atoms with E-state index in [1.54, 1.807) is 26.2 Å². The van der Waals surface area contributed by atoms with E-state index in [4.69, 9.17) is 10.5 Å². The molecular weight excluding hydrogens is 214 g/mol. The van der Waals surface area contributed by atoms with Crippen LogP contribution in [0.4, 0.5) is 9.93 Å². The number of nitrogens with two attached hydrogens (primary N) is 1. The molecule has 1 rings (SSSR count). The number of carbonyl (C=O) groups is 1. The van der Waals surface area contributed by atoms with Gasteiger partial charge in [-0.15, -0.1) is 11.3 Å². The molecular formula is C9H15N3O2S. The Kier molecular flexibility index (Phi) is 3.65. The maximum Gasteiger partial charge on any atom is 0.413 e. The van der Waals surface area contributed by atoms with Crippen molar-refractivity contribution in [3.05, 3.63) is 11.1 Å². The molecule has 6 heteroatoms. The topological polar surface area (TPSA) is 77.2 Å². The molecule has 0 fully saturated rings. The minimum Gasteiger partial charge on any atom is -0.444 e. The van der Waals surface area contributed by atoms with Crippen molar-refractivity contribution in [1.29, 1.82) is 0 Å². The number of amides is 1. The van der Waals surface area contributed by atoms with Crippen LogP contribution in [0.25, 0.3) is 0 Å². The number of nitrogens with one attached hydrogen (secondary N) is 1. The molecule has 1 aromatic rings. The zero-order valence-electron chi connectivity index (χ0n) is 9.03. The zero-order valence-corrected chi connectivity index (χ0v) is 9.85. The van der Waals surface area contributed by atoms with Crippen LogP contribution in [0.2, 0.25) is 0 Å². The highest BCUT2D eigenvalue weighted by molar-refractivity contribution is 7.13. The molecule has 0 saturated heterocycles. The second-order valence-corrected chi connectivity index (χ2v) is 4.83. The molecule has 15 heavy (non-hydrogen) atoms. The fourth-order valence-corrected chi connectivity index (χ4v) is 1.56. The summed E-state index contributed by atoms with van der Waals surface area (Å²) in [6.45, 7) is 5.78. The van der Waals surface area contributed by atoms with Crippen molar-refractivity contribution in [2.24, 2.45) is 5.73 Å². The highest BCUT2D eigenvalue weighted by Gasteiger charge is 2.16. The minimum absolute atomic E-state index is 0.368. The van der Waals surface area contributed by atoms with Gasteiger partial charge in [-0.1, -0.05) is 0 Å². The maximum atomic E-state index is 11.3. The van der Waals surface area contributed by atoms with Crippen molar-refractivity contribution in [1.82, 2.24) is 4.98 Å². The Hall–Kier alpha value is -1.14. The first-order chi connectivity index (χ1) is 6.90. The van der Waals surface area contributed by atoms with Gasteiger partial charge >= 0.3 is 6.09 Å². The van der Waals surface area contributed by atoms with Crippen LogP contribution in [0.3, 0.4) is 0 Å². The molecule has 0 bridgehead atoms. The summed E-state index contributed by atoms with van der Waals surface area (Å²) >= 11 is 1.33. The van der Waals surface area contributed by atoms with Crippen LogP contribution in [0, 0.1) is 0 Å². The van der Waals surface area contributed by atoms with Crippen LogP contribution in [-0.2, 0) is 11.3 Å². The summed E-state index contributed by atoms with van der Waals surface area (Å²) in [6, 6.07) is 0. The highest BCUT2D eigenvalue weighted by Crippen LogP contribution is 2.16. The largest absolute Gasteiger partial charge is 0.444 e. The number of aromatic nitrogens is 1. The number of nitrogens with zero attached hydrogens (tertiary/aromatic N) is 1. The maximum absolute atomic E-state index is 11.3. The average molecular weight is 229 g/mol. The third kappa shape index (κ3) is 4.26. The van der Waals surface area contributed by atoms with E-state index in [9.17, 15) is 4.79 Å². The number of rotatable bonds is 2. The van der Waals surface area contributed by atoms with Crippen LogP contribution in [0.15, 0.2) is 5.38 Å². The van der Waals surface area contributed by atoms with Gasteiger partial charge in [0, 0.05) is 11.9 Å². The van der Waals surface area contributed by atoms with Gasteiger partial charge < -0.3 is 10.5 Å². The normalized spacial score (nSPS) is 11.2. The van der Waals surface area contributed by atoms with E-state index in [0.717, 1.165) is 5.69 Å². The Morgan fingerprint density at radius 3 is 2.80 bits per heavy atom. The highest BCUT2D eigenvalue weighted by atomic mass is 32.1. The van der Waals surface area contributed by atoms with Crippen LogP contribution < -0.4 is 11.1 Å². The van der Waals surface area contributed by atoms with E-state index in [1.165, 1.54) is 11.3 Å². The summed E-state index contributed by atoms with van der Waals surface area (Å²) in [7, 11) is 0. The molecule has 0 aliphatic carbocycles. The van der Waals surface area contributed by atoms with Crippen LogP contribution in [0.1, 0.15) is 26.5 Å². The fraction of sp³-hybridized carbons (Fsp3) is 0.556. The quantitative estimate of drug-likeness (QED) is 0.812. The Bertz CT molecular complexity index is 343. The van der Waals surface area contributed by atoms with Crippen molar-refractivity contribution in [3.8, 4) is 0 Å². The first-order valence-corrected chi connectivity index (χ1v) is 5.43. The van der Waals surface area contributed by atoms with Crippen molar-refractivity contribution < 1.29 is 9.53 Å². The van der Waals surface area contributed by atoms with E-state index in [2.05, 4.69) is 10.3 Å². The molecule has 5 nitrogen and oxygen atoms in total. The molecule has 3 N–H and O–H groups in total. The van der Waals surface area contributed by atoms with E-state index >= 15 is 0 Å². The Balaban J connectivity index is 2.51. The lowest BCUT2D eigenvalue weighted by atomic mass is 10.2. The SMILES string of the molecule is CC(C)(C)OC(=O)Nc1nc(CN)cs1. The Morgan fingerprint density at radius 1 is 1.67 bits per heavy atom. The second kappa shape index (κ2) is 4.59. The smallest absolute Gasteiger partial charge is 0.413 e. The van der Waals surface area contributed by atoms with Crippen molar-refractivity contribution >= 4 is 22.6 Å². The molecule has 0 spiro atoms. The van der Waals surface area contributed by atoms with Gasteiger partial charge in [0.2, 0.25) is 0 Å². The van der Waals surface area contributed by atoms with Crippen LogP contribution >= 0.6 is 11.3 Å². The molecule has 1 amide bonds. The number of hydrogen-bond acceptors (Lipinski definition) is 5. The predicted octanol–water partition coefficient (Wildman–Crippen LogP) is 1.95. The van der Waals surface area contributed by atoms with E-state index in [0.29, 0.717) is 11.7 Å². The summed E-state index contributed by atoms with van der Waals surface area (Å²) in [4.78, 5) is 15.4. The molecule has 0 saturated carbocycles. The molecule has 84 valence electrons. The summed E-state index contributed by atoms with van der Waals surface area (Å²) < 4.78 is 5.07. The number of anilines is 1. The first-order valence-electron chi connectivity index (χ1n) is 4.55. The van der Waals surface area contributed by atoms with Gasteiger partial charge in [0.1, 0.15) is 5.60 Å². The molecule has 0 aliphatic heterocycles. The molecule has 1 aromatic heterocycles. The fourth-order valence-electron chi connectivity index (χ4n) is 0.849. The summed E-state index contributed by atoms with van der Waals surface area (Å²) in [6.07, 6.45) is -0.500. The van der Waals surface area contributed by atoms with E-state index in [-0.39, 0.29) is 0 Å². The molecule has 0 aromatic carbocycles. The predicted molar refractivity (Wildman–Crippen MR) is 59.9 cm³/mol. The molecule has 0 unspecified atom stereocenters. The van der Waals surface area contributed by atoms with Gasteiger partial charge in [0.05, 0.1) is 5.69 Å². The van der Waals surface area contributed by atoms with Crippen molar-refractivity contribution in [2.45, 2.75) is 32.9 Å². The van der Waals surface area contributed by atoms with Gasteiger partial charge in [0.15, 0.2) is 5.13 Å². The van der Waals surface area contributed by atoms with E-state index < -0.39 is 11.7 Å². The standard InChI is InChI=1S/C9H15N3O2S/c1-9(2,3)14-8(13)12-7-11-6(4-10)5-15-7/h5H,4,10H2,1-3H3,(H,11,12,13). The summed E-state index contributed by atoms with van der Waals surface area (Å²) in [5, 5.41) is 4.85. The van der Waals surface area contributed by atoms with Crippen LogP contribution in [0.5, 0.6) is 0 Å². The Labute approximate surface area is 92.6 Å². The molecule has 0 atom stereocenters. The summed E-state index contributed by atoms with van der Waals surface area (Å²) in [5.41, 5.74) is 5.65. The lowest BCUT2D eigenvalue weighted by molar-refractivity contribution is 0.0636. The van der Waals surface area contributed by atoms with Gasteiger partial charge in [-0.05, 0) is 20.8 Å². The monoisotopic (exact) mass is 229 g/mol. The van der Waals surface area contributed by atoms with Crippen LogP contribution in [-0.4, -0.2) is 16.7 Å². The zero-order chi connectivity index (χ0) is 11.5. The Morgan fingerprint density at radius 2 is 2.33 bits per heavy atom.